The van der Waals surface area contributed by atoms with Gasteiger partial charge in [0.15, 0.2) is 5.75 Å². The zero-order valence-corrected chi connectivity index (χ0v) is 18.0. The van der Waals surface area contributed by atoms with Gasteiger partial charge in [0.1, 0.15) is 30.5 Å². The van der Waals surface area contributed by atoms with Crippen molar-refractivity contribution in [3.63, 3.8) is 0 Å². The van der Waals surface area contributed by atoms with Crippen LogP contribution < -0.4 is 4.74 Å². The highest BCUT2D eigenvalue weighted by molar-refractivity contribution is 9.10. The molecule has 0 radical (unpaired) electrons. The van der Waals surface area contributed by atoms with E-state index in [1.54, 1.807) is 15.9 Å². The molecule has 0 aliphatic rings. The molecule has 0 saturated carbocycles. The third-order valence-electron chi connectivity index (χ3n) is 3.79. The van der Waals surface area contributed by atoms with Crippen LogP contribution in [0.3, 0.4) is 0 Å². The lowest BCUT2D eigenvalue weighted by Crippen LogP contribution is -2.40. The van der Waals surface area contributed by atoms with E-state index in [1.165, 1.54) is 4.57 Å². The van der Waals surface area contributed by atoms with Crippen LogP contribution in [0.15, 0.2) is 12.1 Å². The number of halogens is 6. The number of aromatic nitrogens is 2. The lowest BCUT2D eigenvalue weighted by atomic mass is 10.3. The van der Waals surface area contributed by atoms with Gasteiger partial charge < -0.3 is 19.1 Å². The van der Waals surface area contributed by atoms with Gasteiger partial charge in [-0.15, -0.1) is 0 Å². The molecule has 0 bridgehead atoms. The van der Waals surface area contributed by atoms with Crippen molar-refractivity contribution < 1.29 is 36.5 Å². The molecule has 158 valence electrons. The van der Waals surface area contributed by atoms with E-state index in [-0.39, 0.29) is 23.6 Å². The molecule has 0 aliphatic heterocycles. The van der Waals surface area contributed by atoms with Crippen molar-refractivity contribution in [2.45, 2.75) is 50.0 Å². The predicted octanol–water partition coefficient (Wildman–Crippen LogP) is 4.94. The van der Waals surface area contributed by atoms with Crippen LogP contribution >= 0.6 is 15.9 Å². The van der Waals surface area contributed by atoms with Gasteiger partial charge in [0, 0.05) is 42.7 Å². The van der Waals surface area contributed by atoms with Crippen LogP contribution in [-0.4, -0.2) is 40.3 Å². The number of fused-ring (bicyclic) bond motifs is 1. The third kappa shape index (κ3) is 5.42. The van der Waals surface area contributed by atoms with Crippen LogP contribution in [0.4, 0.5) is 22.0 Å². The predicted molar refractivity (Wildman–Crippen MR) is 99.2 cm³/mol. The van der Waals surface area contributed by atoms with Gasteiger partial charge in [0.2, 0.25) is 0 Å². The maximum atomic E-state index is 13.9. The Balaban J connectivity index is 2.38. The van der Waals surface area contributed by atoms with Crippen molar-refractivity contribution >= 4 is 35.0 Å². The molecule has 1 heterocycles. The van der Waals surface area contributed by atoms with Gasteiger partial charge in [-0.3, -0.25) is 0 Å². The van der Waals surface area contributed by atoms with Gasteiger partial charge in [-0.2, -0.15) is 17.6 Å². The number of aliphatic hydroxyl groups is 1. The highest BCUT2D eigenvalue weighted by atomic mass is 79.9. The molecule has 1 N–H and O–H groups in total. The van der Waals surface area contributed by atoms with E-state index in [0.29, 0.717) is 12.7 Å². The minimum Gasteiger partial charge on any atom is -0.425 e. The van der Waals surface area contributed by atoms with E-state index in [0.717, 1.165) is 12.1 Å². The molecule has 0 unspecified atom stereocenters. The van der Waals surface area contributed by atoms with E-state index < -0.39 is 37.2 Å². The molecule has 12 heteroatoms. The minimum absolute atomic E-state index is 0.00706. The van der Waals surface area contributed by atoms with E-state index in [2.05, 4.69) is 29.4 Å². The van der Waals surface area contributed by atoms with Crippen LogP contribution in [0.5, 0.6) is 5.75 Å². The zero-order valence-electron chi connectivity index (χ0n) is 15.4. The minimum atomic E-state index is -4.95. The molecule has 0 amide bonds. The Kier molecular flexibility index (Phi) is 6.78. The quantitative estimate of drug-likeness (QED) is 0.234. The topological polar surface area (TPSA) is 56.5 Å². The van der Waals surface area contributed by atoms with Gasteiger partial charge in [-0.25, -0.2) is 9.37 Å². The lowest BCUT2D eigenvalue weighted by molar-refractivity contribution is -0.265. The fourth-order valence-electron chi connectivity index (χ4n) is 2.28. The first kappa shape index (κ1) is 23.0. The molecule has 0 atom stereocenters. The molecule has 0 spiro atoms. The van der Waals surface area contributed by atoms with Crippen molar-refractivity contribution in [1.82, 2.24) is 9.55 Å². The van der Waals surface area contributed by atoms with Gasteiger partial charge in [-0.05, 0) is 6.04 Å². The van der Waals surface area contributed by atoms with E-state index in [9.17, 15) is 27.1 Å². The third-order valence-corrected chi connectivity index (χ3v) is 5.95. The Labute approximate surface area is 167 Å². The maximum absolute atomic E-state index is 13.9. The van der Waals surface area contributed by atoms with E-state index >= 15 is 0 Å². The van der Waals surface area contributed by atoms with Gasteiger partial charge in [-0.1, -0.05) is 19.6 Å². The largest absolute Gasteiger partial charge is 0.475 e. The zero-order chi connectivity index (χ0) is 21.3. The van der Waals surface area contributed by atoms with Gasteiger partial charge in [0.25, 0.3) is 0 Å². The Bertz CT molecular complexity index is 836. The monoisotopic (exact) mass is 490 g/mol. The summed E-state index contributed by atoms with van der Waals surface area (Å²) in [5.41, 5.74) is -0.323. The van der Waals surface area contributed by atoms with Crippen LogP contribution in [0.1, 0.15) is 5.82 Å². The average molecular weight is 491 g/mol. The summed E-state index contributed by atoms with van der Waals surface area (Å²) in [4.78, 5) is -0.757. The molecule has 1 aromatic carbocycles. The number of nitrogens with zero attached hydrogens (tertiary/aromatic N) is 2. The Morgan fingerprint density at radius 2 is 1.86 bits per heavy atom. The summed E-state index contributed by atoms with van der Waals surface area (Å²) in [6.07, 6.45) is -4.95. The maximum Gasteiger partial charge on any atom is 0.475 e. The first-order valence-corrected chi connectivity index (χ1v) is 12.8. The molecule has 0 fully saturated rings. The second-order valence-electron chi connectivity index (χ2n) is 7.35. The summed E-state index contributed by atoms with van der Waals surface area (Å²) in [5, 5.41) is 9.49. The summed E-state index contributed by atoms with van der Waals surface area (Å²) in [5.74, 6) is -1.88. The lowest BCUT2D eigenvalue weighted by Gasteiger charge is -2.22. The van der Waals surface area contributed by atoms with Gasteiger partial charge in [0.05, 0.1) is 5.52 Å². The fourth-order valence-corrected chi connectivity index (χ4v) is 3.12. The van der Waals surface area contributed by atoms with Crippen molar-refractivity contribution in [3.8, 4) is 5.75 Å². The standard InChI is InChI=1S/C16H20BrF5N2O3Si/c1-28(2,3)5-4-26-9-24-11-6-10(18)7-12(14(11)23-13(24)8-25)27-16(21,22)15(17,19)20/h6-7,25H,4-5,8-9H2,1-3H3. The highest BCUT2D eigenvalue weighted by Crippen LogP contribution is 2.42. The summed E-state index contributed by atoms with van der Waals surface area (Å²) in [7, 11) is -1.36. The molecule has 0 aliphatic carbocycles. The number of benzene rings is 1. The molecule has 2 aromatic rings. The Hall–Kier alpha value is -1.24. The summed E-state index contributed by atoms with van der Waals surface area (Å²) in [6, 6.07) is 2.35. The van der Waals surface area contributed by atoms with E-state index in [1.807, 2.05) is 0 Å². The second-order valence-corrected chi connectivity index (χ2v) is 14.0. The average Bonchev–Trinajstić information content (AvgIpc) is 2.87. The smallest absolute Gasteiger partial charge is 0.425 e. The summed E-state index contributed by atoms with van der Waals surface area (Å²) < 4.78 is 78.0. The number of hydrogen-bond donors (Lipinski definition) is 1. The molecule has 0 saturated heterocycles. The Morgan fingerprint density at radius 3 is 2.39 bits per heavy atom. The molecular weight excluding hydrogens is 471 g/mol. The molecular formula is C16H20BrF5N2O3Si. The van der Waals surface area contributed by atoms with Crippen molar-refractivity contribution in [1.29, 1.82) is 0 Å². The number of imidazole rings is 1. The number of rotatable bonds is 9. The van der Waals surface area contributed by atoms with Crippen LogP contribution in [-0.2, 0) is 18.1 Å². The summed E-state index contributed by atoms with van der Waals surface area (Å²) >= 11 is 1.55. The normalized spacial score (nSPS) is 13.4. The number of alkyl halides is 5. The SMILES string of the molecule is C[Si](C)(C)CCOCn1c(CO)nc2c(OC(F)(F)C(F)(F)Br)cc(F)cc21. The van der Waals surface area contributed by atoms with E-state index in [4.69, 9.17) is 4.74 Å². The first-order valence-electron chi connectivity index (χ1n) is 8.26. The molecule has 28 heavy (non-hydrogen) atoms. The number of aliphatic hydroxyl groups excluding tert-OH is 1. The molecule has 5 nitrogen and oxygen atoms in total. The van der Waals surface area contributed by atoms with Crippen molar-refractivity contribution in [3.05, 3.63) is 23.8 Å². The molecule has 2 rings (SSSR count). The van der Waals surface area contributed by atoms with Crippen molar-refractivity contribution in [2.75, 3.05) is 6.61 Å². The Morgan fingerprint density at radius 1 is 1.21 bits per heavy atom. The second kappa shape index (κ2) is 8.25. The highest BCUT2D eigenvalue weighted by Gasteiger charge is 2.58. The first-order chi connectivity index (χ1) is 12.7. The van der Waals surface area contributed by atoms with Crippen LogP contribution in [0.25, 0.3) is 11.0 Å². The summed E-state index contributed by atoms with van der Waals surface area (Å²) in [6.45, 7) is 6.15. The number of ether oxygens (including phenoxy) is 2. The van der Waals surface area contributed by atoms with Crippen LogP contribution in [0.2, 0.25) is 25.7 Å². The number of hydrogen-bond acceptors (Lipinski definition) is 4. The van der Waals surface area contributed by atoms with Gasteiger partial charge >= 0.3 is 10.9 Å². The fraction of sp³-hybridized carbons (Fsp3) is 0.562. The molecule has 1 aromatic heterocycles. The van der Waals surface area contributed by atoms with Crippen molar-refractivity contribution in [2.24, 2.45) is 0 Å². The van der Waals surface area contributed by atoms with Crippen LogP contribution in [0, 0.1) is 5.82 Å².